The lowest BCUT2D eigenvalue weighted by molar-refractivity contribution is 0.0954. The number of carbonyl (C=O) groups excluding carboxylic acids is 1. The van der Waals surface area contributed by atoms with Crippen LogP contribution in [0.3, 0.4) is 0 Å². The average Bonchev–Trinajstić information content (AvgIpc) is 3.45. The molecule has 5 rings (SSSR count). The number of rotatable bonds is 5. The molecule has 1 atom stereocenters. The summed E-state index contributed by atoms with van der Waals surface area (Å²) in [4.78, 5) is 25.9. The Kier molecular flexibility index (Phi) is 4.29. The van der Waals surface area contributed by atoms with Crippen molar-refractivity contribution in [1.82, 2.24) is 20.3 Å². The van der Waals surface area contributed by atoms with Crippen LogP contribution in [0.25, 0.3) is 10.9 Å². The van der Waals surface area contributed by atoms with Crippen LogP contribution in [0.5, 0.6) is 0 Å². The Morgan fingerprint density at radius 2 is 2.18 bits per heavy atom. The summed E-state index contributed by atoms with van der Waals surface area (Å²) in [5, 5.41) is 9.56. The van der Waals surface area contributed by atoms with Gasteiger partial charge in [-0.15, -0.1) is 11.3 Å². The quantitative estimate of drug-likeness (QED) is 0.486. The van der Waals surface area contributed by atoms with Crippen LogP contribution in [0.15, 0.2) is 54.3 Å². The second-order valence-electron chi connectivity index (χ2n) is 6.84. The smallest absolute Gasteiger partial charge is 0.251 e. The number of carbonyl (C=O) groups is 1. The average molecular weight is 389 g/mol. The molecule has 3 aromatic heterocycles. The molecule has 0 saturated heterocycles. The van der Waals surface area contributed by atoms with Gasteiger partial charge in [-0.05, 0) is 36.1 Å². The number of H-pyrrole nitrogens is 1. The third-order valence-electron chi connectivity index (χ3n) is 5.07. The third-order valence-corrected chi connectivity index (χ3v) is 6.01. The number of amides is 1. The Hall–Kier alpha value is -3.19. The van der Waals surface area contributed by atoms with Crippen LogP contribution in [0.2, 0.25) is 0 Å². The topological polar surface area (TPSA) is 82.7 Å². The molecule has 1 aliphatic rings. The number of thiophene rings is 1. The highest BCUT2D eigenvalue weighted by molar-refractivity contribution is 7.09. The fraction of sp³-hybridized carbons (Fsp3) is 0.190. The summed E-state index contributed by atoms with van der Waals surface area (Å²) in [6.45, 7) is 0.633. The minimum absolute atomic E-state index is 0.0448. The Morgan fingerprint density at radius 3 is 3.04 bits per heavy atom. The van der Waals surface area contributed by atoms with Crippen LogP contribution in [-0.4, -0.2) is 27.4 Å². The first-order valence-electron chi connectivity index (χ1n) is 9.26. The minimum Gasteiger partial charge on any atom is -0.361 e. The van der Waals surface area contributed by atoms with Crippen molar-refractivity contribution in [2.24, 2.45) is 0 Å². The van der Waals surface area contributed by atoms with Crippen LogP contribution in [0, 0.1) is 0 Å². The fourth-order valence-electron chi connectivity index (χ4n) is 3.66. The predicted molar refractivity (Wildman–Crippen MR) is 111 cm³/mol. The SMILES string of the molecule is O=C(NCCc1cccs1)c1ccc2[nH]cc(C3Cc4nccnc4N3)c2c1. The Balaban J connectivity index is 1.34. The lowest BCUT2D eigenvalue weighted by Crippen LogP contribution is -2.25. The molecule has 1 aliphatic heterocycles. The molecule has 1 unspecified atom stereocenters. The molecule has 28 heavy (non-hydrogen) atoms. The van der Waals surface area contributed by atoms with Crippen molar-refractivity contribution in [3.63, 3.8) is 0 Å². The lowest BCUT2D eigenvalue weighted by Gasteiger charge is -2.10. The standard InChI is InChI=1S/C21H19N5OS/c27-21(24-6-5-14-2-1-9-28-14)13-3-4-17-15(10-13)16(12-25-17)18-11-19-20(26-18)23-8-7-22-19/h1-4,7-10,12,18,25H,5-6,11H2,(H,23,26)(H,24,27). The summed E-state index contributed by atoms with van der Waals surface area (Å²) in [5.74, 6) is 0.793. The summed E-state index contributed by atoms with van der Waals surface area (Å²) >= 11 is 1.71. The predicted octanol–water partition coefficient (Wildman–Crippen LogP) is 3.70. The third kappa shape index (κ3) is 3.14. The number of nitrogens with one attached hydrogen (secondary N) is 3. The summed E-state index contributed by atoms with van der Waals surface area (Å²) in [7, 11) is 0. The largest absolute Gasteiger partial charge is 0.361 e. The van der Waals surface area contributed by atoms with Gasteiger partial charge in [0.05, 0.1) is 11.7 Å². The molecule has 0 aliphatic carbocycles. The number of nitrogens with zero attached hydrogens (tertiary/aromatic N) is 2. The van der Waals surface area contributed by atoms with Crippen LogP contribution in [-0.2, 0) is 12.8 Å². The molecule has 1 amide bonds. The number of benzene rings is 1. The van der Waals surface area contributed by atoms with Gasteiger partial charge < -0.3 is 15.6 Å². The number of hydrogen-bond donors (Lipinski definition) is 3. The van der Waals surface area contributed by atoms with Crippen LogP contribution >= 0.6 is 11.3 Å². The molecule has 1 aromatic carbocycles. The first-order chi connectivity index (χ1) is 13.8. The molecular weight excluding hydrogens is 370 g/mol. The van der Waals surface area contributed by atoms with Gasteiger partial charge in [-0.25, -0.2) is 4.98 Å². The van der Waals surface area contributed by atoms with Crippen LogP contribution in [0.4, 0.5) is 5.82 Å². The van der Waals surface area contributed by atoms with Gasteiger partial charge in [-0.1, -0.05) is 6.07 Å². The second-order valence-corrected chi connectivity index (χ2v) is 7.87. The van der Waals surface area contributed by atoms with Crippen molar-refractivity contribution in [1.29, 1.82) is 0 Å². The van der Waals surface area contributed by atoms with E-state index in [1.165, 1.54) is 4.88 Å². The zero-order valence-electron chi connectivity index (χ0n) is 15.1. The molecule has 6 nitrogen and oxygen atoms in total. The normalized spacial score (nSPS) is 15.4. The molecule has 140 valence electrons. The second kappa shape index (κ2) is 7.09. The molecule has 0 bridgehead atoms. The van der Waals surface area contributed by atoms with Crippen molar-refractivity contribution in [3.8, 4) is 0 Å². The molecule has 7 heteroatoms. The zero-order chi connectivity index (χ0) is 18.9. The van der Waals surface area contributed by atoms with E-state index in [1.54, 1.807) is 23.7 Å². The van der Waals surface area contributed by atoms with Gasteiger partial charge in [-0.3, -0.25) is 9.78 Å². The maximum Gasteiger partial charge on any atom is 0.251 e. The van der Waals surface area contributed by atoms with Crippen molar-refractivity contribution in [2.75, 3.05) is 11.9 Å². The van der Waals surface area contributed by atoms with Crippen molar-refractivity contribution in [3.05, 3.63) is 76.0 Å². The fourth-order valence-corrected chi connectivity index (χ4v) is 4.37. The number of aromatic amines is 1. The molecule has 4 heterocycles. The highest BCUT2D eigenvalue weighted by atomic mass is 32.1. The highest BCUT2D eigenvalue weighted by Crippen LogP contribution is 2.35. The Labute approximate surface area is 166 Å². The van der Waals surface area contributed by atoms with Crippen molar-refractivity contribution in [2.45, 2.75) is 18.9 Å². The molecular formula is C21H19N5OS. The molecule has 0 fully saturated rings. The molecule has 0 saturated carbocycles. The summed E-state index contributed by atoms with van der Waals surface area (Å²) in [5.41, 5.74) is 3.79. The number of fused-ring (bicyclic) bond motifs is 2. The van der Waals surface area contributed by atoms with E-state index >= 15 is 0 Å². The summed E-state index contributed by atoms with van der Waals surface area (Å²) in [6, 6.07) is 10.0. The van der Waals surface area contributed by atoms with Gasteiger partial charge in [-0.2, -0.15) is 0 Å². The van der Waals surface area contributed by atoms with E-state index in [0.717, 1.165) is 40.8 Å². The molecule has 0 radical (unpaired) electrons. The maximum absolute atomic E-state index is 12.6. The Bertz CT molecular complexity index is 1110. The number of aromatic nitrogens is 3. The minimum atomic E-state index is -0.0448. The van der Waals surface area contributed by atoms with Gasteiger partial charge >= 0.3 is 0 Å². The van der Waals surface area contributed by atoms with Crippen molar-refractivity contribution >= 4 is 34.0 Å². The van der Waals surface area contributed by atoms with Gasteiger partial charge in [0, 0.05) is 58.5 Å². The lowest BCUT2D eigenvalue weighted by atomic mass is 10.0. The first-order valence-corrected chi connectivity index (χ1v) is 10.1. The van der Waals surface area contributed by atoms with Crippen molar-refractivity contribution < 1.29 is 4.79 Å². The van der Waals surface area contributed by atoms with E-state index in [1.807, 2.05) is 30.5 Å². The van der Waals surface area contributed by atoms with Crippen LogP contribution in [0.1, 0.15) is 32.5 Å². The summed E-state index contributed by atoms with van der Waals surface area (Å²) in [6.07, 6.45) is 7.06. The van der Waals surface area contributed by atoms with Gasteiger partial charge in [0.15, 0.2) is 0 Å². The molecule has 0 spiro atoms. The van der Waals surface area contributed by atoms with E-state index in [0.29, 0.717) is 12.1 Å². The zero-order valence-corrected chi connectivity index (χ0v) is 15.9. The first kappa shape index (κ1) is 16.9. The van der Waals surface area contributed by atoms with Gasteiger partial charge in [0.2, 0.25) is 0 Å². The maximum atomic E-state index is 12.6. The van der Waals surface area contributed by atoms with Gasteiger partial charge in [0.25, 0.3) is 5.91 Å². The van der Waals surface area contributed by atoms with Gasteiger partial charge in [0.1, 0.15) is 5.82 Å². The van der Waals surface area contributed by atoms with E-state index in [4.69, 9.17) is 0 Å². The number of hydrogen-bond acceptors (Lipinski definition) is 5. The van der Waals surface area contributed by atoms with E-state index < -0.39 is 0 Å². The Morgan fingerprint density at radius 1 is 1.25 bits per heavy atom. The summed E-state index contributed by atoms with van der Waals surface area (Å²) < 4.78 is 0. The monoisotopic (exact) mass is 389 g/mol. The van der Waals surface area contributed by atoms with E-state index in [2.05, 4.69) is 37.0 Å². The molecule has 3 N–H and O–H groups in total. The number of anilines is 1. The van der Waals surface area contributed by atoms with Crippen LogP contribution < -0.4 is 10.6 Å². The van der Waals surface area contributed by atoms with E-state index in [-0.39, 0.29) is 11.9 Å². The highest BCUT2D eigenvalue weighted by Gasteiger charge is 2.26. The molecule has 4 aromatic rings. The van der Waals surface area contributed by atoms with E-state index in [9.17, 15) is 4.79 Å².